The fourth-order valence-corrected chi connectivity index (χ4v) is 8.21. The second kappa shape index (κ2) is 12.6. The lowest BCUT2D eigenvalue weighted by Gasteiger charge is -2.30. The van der Waals surface area contributed by atoms with Crippen LogP contribution in [0.4, 0.5) is 17.1 Å². The van der Waals surface area contributed by atoms with Crippen LogP contribution in [0.1, 0.15) is 17.5 Å². The number of nitrogens with zero attached hydrogens (tertiary/aromatic N) is 1. The number of hydrogen-bond acceptors (Lipinski definition) is 2. The molecule has 0 saturated carbocycles. The van der Waals surface area contributed by atoms with E-state index in [1.165, 1.54) is 44.3 Å². The van der Waals surface area contributed by atoms with Crippen molar-refractivity contribution in [2.24, 2.45) is 0 Å². The fourth-order valence-electron chi connectivity index (χ4n) is 8.21. The van der Waals surface area contributed by atoms with E-state index in [1.54, 1.807) is 0 Å². The summed E-state index contributed by atoms with van der Waals surface area (Å²) in [6, 6.07) is 63.1. The molecule has 9 aromatic rings. The molecule has 1 aliphatic rings. The molecule has 0 atom stereocenters. The van der Waals surface area contributed by atoms with Gasteiger partial charge in [-0.15, -0.1) is 0 Å². The molecule has 0 bridgehead atoms. The van der Waals surface area contributed by atoms with E-state index in [9.17, 15) is 0 Å². The molecule has 0 amide bonds. The lowest BCUT2D eigenvalue weighted by molar-refractivity contribution is 0.671. The SMILES string of the molecule is C1=Cc2c(-c3ccc(-c4cccc5c4oc4c(-c6ccccc6)cccc45)c4ccccc34)ccc(N(c3ccccc3)c3ccccc3)c2CC1. The molecule has 1 aromatic heterocycles. The number of hydrogen-bond donors (Lipinski definition) is 0. The highest BCUT2D eigenvalue weighted by Crippen LogP contribution is 2.46. The Morgan fingerprint density at radius 3 is 1.58 bits per heavy atom. The second-order valence-corrected chi connectivity index (χ2v) is 13.5. The van der Waals surface area contributed by atoms with E-state index >= 15 is 0 Å². The lowest BCUT2D eigenvalue weighted by atomic mass is 9.85. The summed E-state index contributed by atoms with van der Waals surface area (Å²) < 4.78 is 6.86. The second-order valence-electron chi connectivity index (χ2n) is 13.5. The molecule has 0 unspecified atom stereocenters. The molecule has 1 heterocycles. The number of para-hydroxylation sites is 4. The van der Waals surface area contributed by atoms with Crippen molar-refractivity contribution < 1.29 is 4.42 Å². The zero-order valence-corrected chi connectivity index (χ0v) is 28.7. The van der Waals surface area contributed by atoms with Crippen LogP contribution in [0.3, 0.4) is 0 Å². The maximum atomic E-state index is 6.86. The van der Waals surface area contributed by atoms with Gasteiger partial charge in [-0.05, 0) is 87.3 Å². The fraction of sp³-hybridized carbons (Fsp3) is 0.0400. The Morgan fingerprint density at radius 1 is 0.404 bits per heavy atom. The van der Waals surface area contributed by atoms with Crippen LogP contribution in [0.15, 0.2) is 186 Å². The molecule has 0 radical (unpaired) electrons. The van der Waals surface area contributed by atoms with Crippen LogP contribution in [0.25, 0.3) is 72.2 Å². The largest absolute Gasteiger partial charge is 0.455 e. The van der Waals surface area contributed by atoms with E-state index in [2.05, 4.69) is 193 Å². The molecule has 0 N–H and O–H groups in total. The van der Waals surface area contributed by atoms with E-state index < -0.39 is 0 Å². The van der Waals surface area contributed by atoms with Crippen LogP contribution in [-0.2, 0) is 6.42 Å². The molecule has 2 heteroatoms. The highest BCUT2D eigenvalue weighted by atomic mass is 16.3. The lowest BCUT2D eigenvalue weighted by Crippen LogP contribution is -2.14. The van der Waals surface area contributed by atoms with E-state index in [0.29, 0.717) is 0 Å². The molecule has 8 aromatic carbocycles. The van der Waals surface area contributed by atoms with E-state index in [0.717, 1.165) is 62.8 Å². The van der Waals surface area contributed by atoms with Gasteiger partial charge in [-0.1, -0.05) is 158 Å². The maximum absolute atomic E-state index is 6.86. The standard InChI is InChI=1S/C50H35NO/c1-4-16-34(17-5-1)37-26-14-28-46-47-29-15-27-45(50(47)52-49(37)46)43-31-30-41(38-22-10-11-23-39(38)43)42-32-33-48(44-25-13-12-24-40(42)44)51(35-18-6-2-7-19-35)36-20-8-3-9-21-36/h1-12,14-24,26-33H,13,25H2. The zero-order valence-electron chi connectivity index (χ0n) is 28.7. The van der Waals surface area contributed by atoms with Gasteiger partial charge in [0.25, 0.3) is 0 Å². The van der Waals surface area contributed by atoms with Crippen LogP contribution in [0, 0.1) is 0 Å². The summed E-state index contributed by atoms with van der Waals surface area (Å²) in [6.45, 7) is 0. The van der Waals surface area contributed by atoms with Crippen molar-refractivity contribution in [3.63, 3.8) is 0 Å². The highest BCUT2D eigenvalue weighted by molar-refractivity contribution is 6.16. The first kappa shape index (κ1) is 30.2. The first-order valence-corrected chi connectivity index (χ1v) is 18.1. The Balaban J connectivity index is 1.15. The highest BCUT2D eigenvalue weighted by Gasteiger charge is 2.23. The first-order chi connectivity index (χ1) is 25.8. The van der Waals surface area contributed by atoms with Crippen molar-refractivity contribution in [1.82, 2.24) is 0 Å². The summed E-state index contributed by atoms with van der Waals surface area (Å²) in [4.78, 5) is 2.40. The van der Waals surface area contributed by atoms with Gasteiger partial charge in [-0.25, -0.2) is 0 Å². The van der Waals surface area contributed by atoms with Gasteiger partial charge in [0.15, 0.2) is 0 Å². The Hall–Kier alpha value is -6.64. The van der Waals surface area contributed by atoms with Crippen molar-refractivity contribution in [2.75, 3.05) is 4.90 Å². The molecule has 2 nitrogen and oxygen atoms in total. The van der Waals surface area contributed by atoms with E-state index in [4.69, 9.17) is 4.42 Å². The first-order valence-electron chi connectivity index (χ1n) is 18.1. The van der Waals surface area contributed by atoms with Crippen LogP contribution < -0.4 is 4.90 Å². The smallest absolute Gasteiger partial charge is 0.143 e. The molecule has 0 saturated heterocycles. The third kappa shape index (κ3) is 4.95. The Morgan fingerprint density at radius 2 is 0.923 bits per heavy atom. The van der Waals surface area contributed by atoms with Crippen LogP contribution in [0.2, 0.25) is 0 Å². The van der Waals surface area contributed by atoms with E-state index in [1.807, 2.05) is 0 Å². The monoisotopic (exact) mass is 665 g/mol. The Bertz CT molecular complexity index is 2740. The number of allylic oxidation sites excluding steroid dienone is 1. The minimum atomic E-state index is 0.922. The molecule has 0 spiro atoms. The van der Waals surface area contributed by atoms with Gasteiger partial charge in [-0.3, -0.25) is 0 Å². The quantitative estimate of drug-likeness (QED) is 0.176. The third-order valence-corrected chi connectivity index (χ3v) is 10.6. The van der Waals surface area contributed by atoms with E-state index in [-0.39, 0.29) is 0 Å². The van der Waals surface area contributed by atoms with Gasteiger partial charge in [0.1, 0.15) is 11.2 Å². The predicted octanol–water partition coefficient (Wildman–Crippen LogP) is 14.2. The van der Waals surface area contributed by atoms with Gasteiger partial charge >= 0.3 is 0 Å². The third-order valence-electron chi connectivity index (χ3n) is 10.6. The van der Waals surface area contributed by atoms with Gasteiger partial charge in [0.05, 0.1) is 0 Å². The number of rotatable bonds is 6. The molecule has 1 aliphatic carbocycles. The van der Waals surface area contributed by atoms with Crippen molar-refractivity contribution in [2.45, 2.75) is 12.8 Å². The van der Waals surface area contributed by atoms with Crippen molar-refractivity contribution in [3.8, 4) is 33.4 Å². The molecular formula is C50H35NO. The summed E-state index contributed by atoms with van der Waals surface area (Å²) in [5.74, 6) is 0. The van der Waals surface area contributed by atoms with Gasteiger partial charge < -0.3 is 9.32 Å². The number of fused-ring (bicyclic) bond motifs is 5. The van der Waals surface area contributed by atoms with Crippen molar-refractivity contribution in [1.29, 1.82) is 0 Å². The van der Waals surface area contributed by atoms with Crippen LogP contribution >= 0.6 is 0 Å². The van der Waals surface area contributed by atoms with Crippen molar-refractivity contribution >= 4 is 55.8 Å². The average Bonchev–Trinajstić information content (AvgIpc) is 3.61. The summed E-state index contributed by atoms with van der Waals surface area (Å²) in [5, 5.41) is 4.71. The minimum absolute atomic E-state index is 0.922. The Kier molecular flexibility index (Phi) is 7.32. The van der Waals surface area contributed by atoms with Crippen molar-refractivity contribution in [3.05, 3.63) is 193 Å². The Labute approximate surface area is 303 Å². The minimum Gasteiger partial charge on any atom is -0.455 e. The summed E-state index contributed by atoms with van der Waals surface area (Å²) in [5.41, 5.74) is 15.1. The average molecular weight is 666 g/mol. The number of furan rings is 1. The van der Waals surface area contributed by atoms with Crippen LogP contribution in [-0.4, -0.2) is 0 Å². The van der Waals surface area contributed by atoms with Gasteiger partial charge in [-0.2, -0.15) is 0 Å². The summed E-state index contributed by atoms with van der Waals surface area (Å²) in [7, 11) is 0. The zero-order chi connectivity index (χ0) is 34.4. The molecule has 0 fully saturated rings. The van der Waals surface area contributed by atoms with Gasteiger partial charge in [0, 0.05) is 39.0 Å². The normalized spacial score (nSPS) is 12.4. The molecular weight excluding hydrogens is 631 g/mol. The molecule has 10 rings (SSSR count). The molecule has 52 heavy (non-hydrogen) atoms. The predicted molar refractivity (Wildman–Crippen MR) is 220 cm³/mol. The molecule has 0 aliphatic heterocycles. The number of anilines is 3. The van der Waals surface area contributed by atoms with Gasteiger partial charge in [0.2, 0.25) is 0 Å². The number of benzene rings is 8. The molecule has 246 valence electrons. The summed E-state index contributed by atoms with van der Waals surface area (Å²) in [6.07, 6.45) is 6.68. The summed E-state index contributed by atoms with van der Waals surface area (Å²) >= 11 is 0. The van der Waals surface area contributed by atoms with Crippen LogP contribution in [0.5, 0.6) is 0 Å². The maximum Gasteiger partial charge on any atom is 0.143 e. The topological polar surface area (TPSA) is 16.4 Å².